The van der Waals surface area contributed by atoms with Crippen molar-refractivity contribution in [2.24, 2.45) is 10.9 Å². The molecule has 8 heteroatoms. The van der Waals surface area contributed by atoms with E-state index < -0.39 is 0 Å². The Labute approximate surface area is 197 Å². The zero-order chi connectivity index (χ0) is 20.3. The van der Waals surface area contributed by atoms with Crippen LogP contribution in [0.15, 0.2) is 29.3 Å². The van der Waals surface area contributed by atoms with Crippen LogP contribution in [0.5, 0.6) is 5.75 Å². The fourth-order valence-electron chi connectivity index (χ4n) is 3.83. The van der Waals surface area contributed by atoms with Crippen molar-refractivity contribution >= 4 is 35.6 Å². The Morgan fingerprint density at radius 3 is 2.63 bits per heavy atom. The second-order valence-electron chi connectivity index (χ2n) is 7.68. The second-order valence-corrected chi connectivity index (χ2v) is 7.68. The van der Waals surface area contributed by atoms with Crippen LogP contribution in [0.25, 0.3) is 0 Å². The van der Waals surface area contributed by atoms with Gasteiger partial charge >= 0.3 is 0 Å². The number of piperazine rings is 1. The summed E-state index contributed by atoms with van der Waals surface area (Å²) < 4.78 is 11.2. The van der Waals surface area contributed by atoms with Crippen molar-refractivity contribution in [2.45, 2.75) is 26.2 Å². The number of hydrogen-bond acceptors (Lipinski definition) is 5. The molecule has 170 valence electrons. The van der Waals surface area contributed by atoms with Crippen molar-refractivity contribution < 1.29 is 14.6 Å². The summed E-state index contributed by atoms with van der Waals surface area (Å²) in [5.41, 5.74) is 0.913. The first kappa shape index (κ1) is 25.0. The van der Waals surface area contributed by atoms with Gasteiger partial charge in [0.25, 0.3) is 0 Å². The average molecular weight is 532 g/mol. The van der Waals surface area contributed by atoms with Crippen molar-refractivity contribution in [3.05, 3.63) is 24.3 Å². The number of phenols is 1. The third-order valence-electron chi connectivity index (χ3n) is 5.54. The van der Waals surface area contributed by atoms with Gasteiger partial charge in [-0.25, -0.2) is 0 Å². The number of guanidine groups is 1. The zero-order valence-corrected chi connectivity index (χ0v) is 20.4. The fraction of sp³-hybridized carbons (Fsp3) is 0.682. The quantitative estimate of drug-likeness (QED) is 0.232. The molecule has 2 aliphatic heterocycles. The first-order chi connectivity index (χ1) is 14.3. The molecular formula is C22H37IN4O3. The Hall–Kier alpha value is -1.26. The van der Waals surface area contributed by atoms with Gasteiger partial charge in [-0.05, 0) is 44.2 Å². The smallest absolute Gasteiger partial charge is 0.194 e. The number of benzene rings is 1. The van der Waals surface area contributed by atoms with Crippen molar-refractivity contribution in [1.82, 2.24) is 10.2 Å². The third-order valence-corrected chi connectivity index (χ3v) is 5.54. The second kappa shape index (κ2) is 13.9. The lowest BCUT2D eigenvalue weighted by atomic mass is 10.0. The highest BCUT2D eigenvalue weighted by atomic mass is 127. The molecule has 0 saturated carbocycles. The Kier molecular flexibility index (Phi) is 11.6. The molecule has 0 bridgehead atoms. The molecule has 0 radical (unpaired) electrons. The number of ether oxygens (including phenoxy) is 2. The summed E-state index contributed by atoms with van der Waals surface area (Å²) in [5.74, 6) is 1.99. The predicted octanol–water partition coefficient (Wildman–Crippen LogP) is 2.93. The highest BCUT2D eigenvalue weighted by Crippen LogP contribution is 2.27. The largest absolute Gasteiger partial charge is 0.506 e. The van der Waals surface area contributed by atoms with E-state index in [1.807, 2.05) is 18.2 Å². The monoisotopic (exact) mass is 532 g/mol. The Balaban J connectivity index is 0.00000320. The number of hydrogen-bond donors (Lipinski definition) is 2. The molecule has 30 heavy (non-hydrogen) atoms. The standard InChI is InChI=1S/C22H36N4O3.HI/c1-2-23-22(24-10-5-15-29-18-19-8-16-28-17-9-19)26-13-11-25(12-14-26)20-6-3-4-7-21(20)27;/h3-4,6-7,19,27H,2,5,8-18H2,1H3,(H,23,24);1H. The van der Waals surface area contributed by atoms with E-state index in [4.69, 9.17) is 14.5 Å². The van der Waals surface area contributed by atoms with Crippen LogP contribution in [0.4, 0.5) is 5.69 Å². The number of aromatic hydroxyl groups is 1. The molecule has 0 spiro atoms. The normalized spacial score (nSPS) is 18.2. The maximum Gasteiger partial charge on any atom is 0.194 e. The predicted molar refractivity (Wildman–Crippen MR) is 132 cm³/mol. The molecule has 2 N–H and O–H groups in total. The van der Waals surface area contributed by atoms with Crippen molar-refractivity contribution in [3.63, 3.8) is 0 Å². The van der Waals surface area contributed by atoms with Gasteiger partial charge < -0.3 is 29.7 Å². The minimum Gasteiger partial charge on any atom is -0.506 e. The van der Waals surface area contributed by atoms with Crippen LogP contribution >= 0.6 is 24.0 Å². The number of para-hydroxylation sites is 2. The van der Waals surface area contributed by atoms with E-state index in [2.05, 4.69) is 22.0 Å². The van der Waals surface area contributed by atoms with E-state index >= 15 is 0 Å². The van der Waals surface area contributed by atoms with Crippen LogP contribution in [0, 0.1) is 5.92 Å². The number of nitrogens with one attached hydrogen (secondary N) is 1. The molecule has 0 aliphatic carbocycles. The van der Waals surface area contributed by atoms with Crippen molar-refractivity contribution in [1.29, 1.82) is 0 Å². The Bertz CT molecular complexity index is 633. The lowest BCUT2D eigenvalue weighted by Gasteiger charge is -2.37. The van der Waals surface area contributed by atoms with Gasteiger partial charge in [-0.15, -0.1) is 24.0 Å². The molecule has 1 aromatic carbocycles. The number of nitrogens with zero attached hydrogens (tertiary/aromatic N) is 3. The summed E-state index contributed by atoms with van der Waals surface area (Å²) in [6, 6.07) is 7.55. The number of aliphatic imine (C=N–C) groups is 1. The molecular weight excluding hydrogens is 495 g/mol. The van der Waals surface area contributed by atoms with Gasteiger partial charge in [0.1, 0.15) is 5.75 Å². The third kappa shape index (κ3) is 7.77. The first-order valence-corrected chi connectivity index (χ1v) is 11.0. The van der Waals surface area contributed by atoms with E-state index in [-0.39, 0.29) is 24.0 Å². The number of phenolic OH excluding ortho intramolecular Hbond substituents is 1. The van der Waals surface area contributed by atoms with E-state index in [9.17, 15) is 5.11 Å². The summed E-state index contributed by atoms with van der Waals surface area (Å²) in [7, 11) is 0. The van der Waals surface area contributed by atoms with Crippen LogP contribution < -0.4 is 10.2 Å². The SMILES string of the molecule is CCNC(=NCCCOCC1CCOCC1)N1CCN(c2ccccc2O)CC1.I. The Morgan fingerprint density at radius 2 is 1.93 bits per heavy atom. The lowest BCUT2D eigenvalue weighted by Crippen LogP contribution is -2.52. The van der Waals surface area contributed by atoms with Crippen LogP contribution in [0.1, 0.15) is 26.2 Å². The fourth-order valence-corrected chi connectivity index (χ4v) is 3.83. The maximum atomic E-state index is 10.1. The average Bonchev–Trinajstić information content (AvgIpc) is 2.77. The van der Waals surface area contributed by atoms with E-state index in [0.29, 0.717) is 11.7 Å². The minimum absolute atomic E-state index is 0. The Morgan fingerprint density at radius 1 is 1.20 bits per heavy atom. The van der Waals surface area contributed by atoms with Gasteiger partial charge in [0.2, 0.25) is 0 Å². The highest BCUT2D eigenvalue weighted by molar-refractivity contribution is 14.0. The van der Waals surface area contributed by atoms with Crippen LogP contribution in [-0.4, -0.2) is 81.7 Å². The van der Waals surface area contributed by atoms with E-state index in [1.165, 1.54) is 0 Å². The number of anilines is 1. The molecule has 3 rings (SSSR count). The van der Waals surface area contributed by atoms with Gasteiger partial charge in [0.15, 0.2) is 5.96 Å². The number of rotatable bonds is 8. The molecule has 7 nitrogen and oxygen atoms in total. The molecule has 2 fully saturated rings. The van der Waals surface area contributed by atoms with E-state index in [1.54, 1.807) is 6.07 Å². The van der Waals surface area contributed by atoms with Gasteiger partial charge in [-0.2, -0.15) is 0 Å². The van der Waals surface area contributed by atoms with Gasteiger partial charge in [0.05, 0.1) is 5.69 Å². The van der Waals surface area contributed by atoms with E-state index in [0.717, 1.165) is 96.6 Å². The lowest BCUT2D eigenvalue weighted by molar-refractivity contribution is 0.0205. The molecule has 2 aliphatic rings. The minimum atomic E-state index is 0. The summed E-state index contributed by atoms with van der Waals surface area (Å²) in [6.07, 6.45) is 3.18. The van der Waals surface area contributed by atoms with Gasteiger partial charge in [0, 0.05) is 65.7 Å². The molecule has 1 aromatic rings. The molecule has 0 unspecified atom stereocenters. The van der Waals surface area contributed by atoms with Crippen molar-refractivity contribution in [3.8, 4) is 5.75 Å². The van der Waals surface area contributed by atoms with Crippen LogP contribution in [0.3, 0.4) is 0 Å². The molecule has 0 aromatic heterocycles. The van der Waals surface area contributed by atoms with Crippen LogP contribution in [-0.2, 0) is 9.47 Å². The molecule has 2 saturated heterocycles. The van der Waals surface area contributed by atoms with Gasteiger partial charge in [-0.1, -0.05) is 12.1 Å². The topological polar surface area (TPSA) is 69.6 Å². The first-order valence-electron chi connectivity index (χ1n) is 11.0. The molecule has 2 heterocycles. The number of halogens is 1. The van der Waals surface area contributed by atoms with Crippen molar-refractivity contribution in [2.75, 3.05) is 70.6 Å². The highest BCUT2D eigenvalue weighted by Gasteiger charge is 2.21. The molecule has 0 atom stereocenters. The summed E-state index contributed by atoms with van der Waals surface area (Å²) in [5, 5.41) is 13.5. The van der Waals surface area contributed by atoms with Gasteiger partial charge in [-0.3, -0.25) is 4.99 Å². The zero-order valence-electron chi connectivity index (χ0n) is 18.1. The summed E-state index contributed by atoms with van der Waals surface area (Å²) in [4.78, 5) is 9.34. The summed E-state index contributed by atoms with van der Waals surface area (Å²) in [6.45, 7) is 10.6. The summed E-state index contributed by atoms with van der Waals surface area (Å²) >= 11 is 0. The molecule has 0 amide bonds. The van der Waals surface area contributed by atoms with Crippen LogP contribution in [0.2, 0.25) is 0 Å². The maximum absolute atomic E-state index is 10.1.